The fourth-order valence-electron chi connectivity index (χ4n) is 7.37. The zero-order chi connectivity index (χ0) is 40.3. The summed E-state index contributed by atoms with van der Waals surface area (Å²) in [6, 6.07) is 45.8. The maximum Gasteiger partial charge on any atom is 0.434 e. The van der Waals surface area contributed by atoms with Crippen molar-refractivity contribution in [3.05, 3.63) is 191 Å². The lowest BCUT2D eigenvalue weighted by atomic mass is 9.82. The van der Waals surface area contributed by atoms with Gasteiger partial charge in [0.05, 0.1) is 57.2 Å². The molecule has 0 saturated carbocycles. The van der Waals surface area contributed by atoms with Crippen LogP contribution in [-0.4, -0.2) is 47.1 Å². The highest BCUT2D eigenvalue weighted by atomic mass is 19.4. The summed E-state index contributed by atoms with van der Waals surface area (Å²) in [4.78, 5) is 7.70. The minimum atomic E-state index is -4.57. The highest BCUT2D eigenvalue weighted by Gasteiger charge is 2.50. The fraction of sp³-hybridized carbons (Fsp3) is 0.292. The number of halogens is 3. The topological polar surface area (TPSA) is 71.9 Å². The van der Waals surface area contributed by atoms with Crippen molar-refractivity contribution in [1.82, 2.24) is 9.97 Å². The number of hydrogen-bond donors (Lipinski definition) is 0. The third kappa shape index (κ3) is 10.6. The van der Waals surface area contributed by atoms with Crippen molar-refractivity contribution < 1.29 is 36.9 Å². The van der Waals surface area contributed by atoms with Gasteiger partial charge in [0.2, 0.25) is 0 Å². The molecule has 1 aliphatic heterocycles. The Labute approximate surface area is 337 Å². The van der Waals surface area contributed by atoms with E-state index in [2.05, 4.69) is 16.9 Å². The second-order valence-corrected chi connectivity index (χ2v) is 14.6. The van der Waals surface area contributed by atoms with E-state index in [-0.39, 0.29) is 12.5 Å². The molecular weight excluding hydrogens is 742 g/mol. The van der Waals surface area contributed by atoms with Crippen LogP contribution in [0.2, 0.25) is 0 Å². The Hall–Kier alpha value is -5.23. The molecule has 58 heavy (non-hydrogen) atoms. The Kier molecular flexibility index (Phi) is 13.8. The molecule has 0 aliphatic carbocycles. The molecule has 1 unspecified atom stereocenters. The van der Waals surface area contributed by atoms with Gasteiger partial charge in [-0.05, 0) is 46.4 Å². The van der Waals surface area contributed by atoms with Crippen molar-refractivity contribution in [3.63, 3.8) is 0 Å². The average molecular weight is 789 g/mol. The number of ether oxygens (including phenoxy) is 5. The molecule has 10 heteroatoms. The minimum absolute atomic E-state index is 0.233. The van der Waals surface area contributed by atoms with Crippen molar-refractivity contribution in [2.24, 2.45) is 0 Å². The number of benzene rings is 5. The summed E-state index contributed by atoms with van der Waals surface area (Å²) in [6.45, 7) is 5.67. The van der Waals surface area contributed by atoms with E-state index >= 15 is 0 Å². The second kappa shape index (κ2) is 19.5. The van der Waals surface area contributed by atoms with Gasteiger partial charge in [0.1, 0.15) is 24.4 Å². The standard InChI is InChI=1S/C48H47F3N2O5/c1-33-25-39(41-26-53-43(27-52-41)48(49,50)51)23-24-40(33)34(2)44-46(56-30-37-19-11-5-12-20-37)47(57-31-38-21-13-6-14-22-38)45(55-29-36-17-9-4-10-18-36)42(58-44)32-54-28-35-15-7-3-8-16-35/h3-27,34,42,44-47H,28-32H2,1-2H3/t34?,42-,44-,45-,46-,47+/m1/s1. The molecule has 1 fully saturated rings. The lowest BCUT2D eigenvalue weighted by Gasteiger charge is -2.48. The molecule has 0 radical (unpaired) electrons. The predicted octanol–water partition coefficient (Wildman–Crippen LogP) is 10.3. The molecule has 2 heterocycles. The van der Waals surface area contributed by atoms with Crippen molar-refractivity contribution >= 4 is 0 Å². The van der Waals surface area contributed by atoms with Crippen LogP contribution in [0.3, 0.4) is 0 Å². The summed E-state index contributed by atoms with van der Waals surface area (Å²) in [5.74, 6) is -0.233. The van der Waals surface area contributed by atoms with Gasteiger partial charge in [0.15, 0.2) is 5.69 Å². The molecule has 5 aromatic carbocycles. The van der Waals surface area contributed by atoms with Gasteiger partial charge in [-0.15, -0.1) is 0 Å². The number of aromatic nitrogens is 2. The lowest BCUT2D eigenvalue weighted by Crippen LogP contribution is -2.62. The van der Waals surface area contributed by atoms with E-state index in [1.54, 1.807) is 0 Å². The van der Waals surface area contributed by atoms with E-state index < -0.39 is 42.4 Å². The van der Waals surface area contributed by atoms with E-state index in [1.807, 2.05) is 146 Å². The molecule has 6 aromatic rings. The van der Waals surface area contributed by atoms with Crippen LogP contribution in [0.1, 0.15) is 51.9 Å². The molecule has 7 nitrogen and oxygen atoms in total. The van der Waals surface area contributed by atoms with Crippen LogP contribution in [0.5, 0.6) is 0 Å². The van der Waals surface area contributed by atoms with E-state index in [4.69, 9.17) is 23.7 Å². The third-order valence-corrected chi connectivity index (χ3v) is 10.4. The van der Waals surface area contributed by atoms with E-state index in [0.29, 0.717) is 37.7 Å². The second-order valence-electron chi connectivity index (χ2n) is 14.6. The molecule has 300 valence electrons. The van der Waals surface area contributed by atoms with Crippen LogP contribution in [0.4, 0.5) is 13.2 Å². The van der Waals surface area contributed by atoms with Gasteiger partial charge in [-0.1, -0.05) is 140 Å². The first-order valence-corrected chi connectivity index (χ1v) is 19.5. The predicted molar refractivity (Wildman–Crippen MR) is 215 cm³/mol. The lowest BCUT2D eigenvalue weighted by molar-refractivity contribution is -0.275. The Morgan fingerprint density at radius 2 is 1.10 bits per heavy atom. The summed E-state index contributed by atoms with van der Waals surface area (Å²) in [6.07, 6.45) is -5.48. The van der Waals surface area contributed by atoms with Crippen LogP contribution in [0, 0.1) is 6.92 Å². The Balaban J connectivity index is 1.24. The zero-order valence-electron chi connectivity index (χ0n) is 32.5. The summed E-state index contributed by atoms with van der Waals surface area (Å²) >= 11 is 0. The maximum absolute atomic E-state index is 13.2. The van der Waals surface area contributed by atoms with Crippen LogP contribution in [0.25, 0.3) is 11.3 Å². The normalized spacial score (nSPS) is 20.1. The minimum Gasteiger partial charge on any atom is -0.374 e. The monoisotopic (exact) mass is 788 g/mol. The van der Waals surface area contributed by atoms with Gasteiger partial charge >= 0.3 is 6.18 Å². The van der Waals surface area contributed by atoms with E-state index in [1.165, 1.54) is 0 Å². The number of aryl methyl sites for hydroxylation is 1. The molecule has 0 N–H and O–H groups in total. The van der Waals surface area contributed by atoms with E-state index in [9.17, 15) is 13.2 Å². The van der Waals surface area contributed by atoms with Gasteiger partial charge in [0.25, 0.3) is 0 Å². The Bertz CT molecular complexity index is 2140. The highest BCUT2D eigenvalue weighted by molar-refractivity contribution is 5.60. The van der Waals surface area contributed by atoms with Gasteiger partial charge < -0.3 is 23.7 Å². The molecule has 1 aliphatic rings. The number of alkyl halides is 3. The number of rotatable bonds is 16. The molecule has 0 bridgehead atoms. The maximum atomic E-state index is 13.2. The smallest absolute Gasteiger partial charge is 0.374 e. The van der Waals surface area contributed by atoms with Gasteiger partial charge in [-0.25, -0.2) is 4.98 Å². The first-order valence-electron chi connectivity index (χ1n) is 19.5. The van der Waals surface area contributed by atoms with Crippen molar-refractivity contribution in [3.8, 4) is 11.3 Å². The first-order chi connectivity index (χ1) is 28.2. The molecule has 0 amide bonds. The number of hydrogen-bond acceptors (Lipinski definition) is 7. The van der Waals surface area contributed by atoms with Gasteiger partial charge in [0, 0.05) is 11.5 Å². The molecule has 7 rings (SSSR count). The molecule has 1 saturated heterocycles. The van der Waals surface area contributed by atoms with Gasteiger partial charge in [-0.3, -0.25) is 4.98 Å². The average Bonchev–Trinajstić information content (AvgIpc) is 3.25. The van der Waals surface area contributed by atoms with Crippen LogP contribution >= 0.6 is 0 Å². The summed E-state index contributed by atoms with van der Waals surface area (Å²) < 4.78 is 73.9. The van der Waals surface area contributed by atoms with E-state index in [0.717, 1.165) is 45.8 Å². The fourth-order valence-corrected chi connectivity index (χ4v) is 7.37. The largest absolute Gasteiger partial charge is 0.434 e. The van der Waals surface area contributed by atoms with Crippen molar-refractivity contribution in [1.29, 1.82) is 0 Å². The SMILES string of the molecule is Cc1cc(-c2cnc(C(F)(F)F)cn2)ccc1C(C)[C@H]1O[C@H](COCc2ccccc2)[C@@H](OCc2ccccc2)[C@H](OCc2ccccc2)[C@@H]1OCc1ccccc1. The van der Waals surface area contributed by atoms with Gasteiger partial charge in [-0.2, -0.15) is 13.2 Å². The molecule has 0 spiro atoms. The number of nitrogens with zero attached hydrogens (tertiary/aromatic N) is 2. The van der Waals surface area contributed by atoms with Crippen molar-refractivity contribution in [2.75, 3.05) is 6.61 Å². The van der Waals surface area contributed by atoms with Crippen LogP contribution in [-0.2, 0) is 56.3 Å². The third-order valence-electron chi connectivity index (χ3n) is 10.4. The van der Waals surface area contributed by atoms with Crippen LogP contribution in [0.15, 0.2) is 152 Å². The summed E-state index contributed by atoms with van der Waals surface area (Å²) in [5.41, 5.74) is 5.93. The summed E-state index contributed by atoms with van der Waals surface area (Å²) in [7, 11) is 0. The Morgan fingerprint density at radius 1 is 0.603 bits per heavy atom. The molecular formula is C48H47F3N2O5. The highest BCUT2D eigenvalue weighted by Crippen LogP contribution is 2.39. The zero-order valence-corrected chi connectivity index (χ0v) is 32.5. The molecule has 1 aromatic heterocycles. The van der Waals surface area contributed by atoms with Crippen LogP contribution < -0.4 is 0 Å². The summed E-state index contributed by atoms with van der Waals surface area (Å²) in [5, 5.41) is 0. The first kappa shape index (κ1) is 40.9. The Morgan fingerprint density at radius 3 is 1.59 bits per heavy atom. The quantitative estimate of drug-likeness (QED) is 0.0967. The van der Waals surface area contributed by atoms with Crippen molar-refractivity contribution in [2.45, 2.75) is 82.9 Å². The molecule has 6 atom stereocenters.